The Morgan fingerprint density at radius 1 is 0.947 bits per heavy atom. The van der Waals surface area contributed by atoms with E-state index in [9.17, 15) is 0 Å². The molecule has 19 heavy (non-hydrogen) atoms. The second-order valence-electron chi connectivity index (χ2n) is 6.14. The molecule has 0 spiro atoms. The van der Waals surface area contributed by atoms with E-state index in [0.29, 0.717) is 6.61 Å². The monoisotopic (exact) mass is 274 g/mol. The second-order valence-corrected chi connectivity index (χ2v) is 6.14. The summed E-state index contributed by atoms with van der Waals surface area (Å²) in [6, 6.07) is 0. The van der Waals surface area contributed by atoms with Gasteiger partial charge in [0.25, 0.3) is 0 Å². The molecule has 0 bridgehead atoms. The second kappa shape index (κ2) is 4.38. The first-order valence-corrected chi connectivity index (χ1v) is 6.67. The fourth-order valence-electron chi connectivity index (χ4n) is 2.95. The largest absolute Gasteiger partial charge is 0.376 e. The molecule has 3 aliphatic rings. The Morgan fingerprint density at radius 3 is 2.26 bits per heavy atom. The molecule has 0 radical (unpaired) electrons. The Morgan fingerprint density at radius 2 is 1.68 bits per heavy atom. The van der Waals surface area contributed by atoms with Gasteiger partial charge in [-0.3, -0.25) is 0 Å². The first-order valence-electron chi connectivity index (χ1n) is 6.67. The average molecular weight is 274 g/mol. The number of rotatable bonds is 2. The summed E-state index contributed by atoms with van der Waals surface area (Å²) in [6.45, 7) is 8.01. The minimum absolute atomic E-state index is 0.166. The van der Waals surface area contributed by atoms with Crippen LogP contribution in [-0.2, 0) is 28.4 Å². The van der Waals surface area contributed by atoms with Gasteiger partial charge in [-0.2, -0.15) is 0 Å². The van der Waals surface area contributed by atoms with Gasteiger partial charge in [-0.25, -0.2) is 0 Å². The van der Waals surface area contributed by atoms with Crippen LogP contribution < -0.4 is 0 Å². The standard InChI is InChI=1S/C13H22O6/c1-12(2)15-6-7(17-12)8-9(14-5)10-11(16-8)19-13(3,4)18-10/h7-11H,6H2,1-5H3/t7-,8-,9+,10-,11-/m1/s1. The van der Waals surface area contributed by atoms with Gasteiger partial charge in [-0.15, -0.1) is 0 Å². The molecule has 0 N–H and O–H groups in total. The van der Waals surface area contributed by atoms with Crippen molar-refractivity contribution < 1.29 is 28.4 Å². The molecule has 0 unspecified atom stereocenters. The third-order valence-corrected chi connectivity index (χ3v) is 3.70. The smallest absolute Gasteiger partial charge is 0.190 e. The van der Waals surface area contributed by atoms with Gasteiger partial charge in [-0.05, 0) is 27.7 Å². The molecular weight excluding hydrogens is 252 g/mol. The predicted molar refractivity (Wildman–Crippen MR) is 64.4 cm³/mol. The van der Waals surface area contributed by atoms with Crippen LogP contribution in [0.15, 0.2) is 0 Å². The third kappa shape index (κ3) is 2.41. The van der Waals surface area contributed by atoms with Gasteiger partial charge < -0.3 is 28.4 Å². The zero-order valence-corrected chi connectivity index (χ0v) is 12.0. The van der Waals surface area contributed by atoms with Crippen molar-refractivity contribution in [3.63, 3.8) is 0 Å². The predicted octanol–water partition coefficient (Wildman–Crippen LogP) is 1.03. The molecule has 3 heterocycles. The maximum Gasteiger partial charge on any atom is 0.190 e. The summed E-state index contributed by atoms with van der Waals surface area (Å²) in [5.41, 5.74) is 0. The molecule has 0 aromatic rings. The maximum absolute atomic E-state index is 5.92. The van der Waals surface area contributed by atoms with E-state index in [1.54, 1.807) is 7.11 Å². The fraction of sp³-hybridized carbons (Fsp3) is 1.00. The molecule has 110 valence electrons. The van der Waals surface area contributed by atoms with E-state index in [0.717, 1.165) is 0 Å². The van der Waals surface area contributed by atoms with Crippen molar-refractivity contribution in [1.82, 2.24) is 0 Å². The van der Waals surface area contributed by atoms with E-state index in [1.165, 1.54) is 0 Å². The lowest BCUT2D eigenvalue weighted by atomic mass is 10.1. The Balaban J connectivity index is 1.72. The van der Waals surface area contributed by atoms with Gasteiger partial charge in [0, 0.05) is 7.11 Å². The maximum atomic E-state index is 5.92. The van der Waals surface area contributed by atoms with Crippen LogP contribution in [0.25, 0.3) is 0 Å². The van der Waals surface area contributed by atoms with Crippen LogP contribution in [0.5, 0.6) is 0 Å². The summed E-state index contributed by atoms with van der Waals surface area (Å²) >= 11 is 0. The van der Waals surface area contributed by atoms with Gasteiger partial charge >= 0.3 is 0 Å². The summed E-state index contributed by atoms with van der Waals surface area (Å²) in [5.74, 6) is -1.21. The first-order chi connectivity index (χ1) is 8.81. The Kier molecular flexibility index (Phi) is 3.16. The van der Waals surface area contributed by atoms with E-state index >= 15 is 0 Å². The highest BCUT2D eigenvalue weighted by molar-refractivity contribution is 4.98. The molecule has 0 amide bonds. The normalized spacial score (nSPS) is 47.5. The zero-order chi connectivity index (χ0) is 13.8. The zero-order valence-electron chi connectivity index (χ0n) is 12.0. The van der Waals surface area contributed by atoms with Crippen LogP contribution in [0, 0.1) is 0 Å². The Labute approximate surface area is 113 Å². The Bertz CT molecular complexity index is 355. The summed E-state index contributed by atoms with van der Waals surface area (Å²) in [4.78, 5) is 0. The lowest BCUT2D eigenvalue weighted by molar-refractivity contribution is -0.234. The molecule has 3 rings (SSSR count). The van der Waals surface area contributed by atoms with Crippen LogP contribution in [0.4, 0.5) is 0 Å². The lowest BCUT2D eigenvalue weighted by Crippen LogP contribution is -2.43. The minimum Gasteiger partial charge on any atom is -0.376 e. The van der Waals surface area contributed by atoms with E-state index < -0.39 is 17.9 Å². The molecule has 3 fully saturated rings. The molecular formula is C13H22O6. The van der Waals surface area contributed by atoms with Crippen LogP contribution >= 0.6 is 0 Å². The fourth-order valence-corrected chi connectivity index (χ4v) is 2.95. The number of fused-ring (bicyclic) bond motifs is 1. The summed E-state index contributed by atoms with van der Waals surface area (Å²) < 4.78 is 34.5. The van der Waals surface area contributed by atoms with Crippen molar-refractivity contribution >= 4 is 0 Å². The molecule has 0 aliphatic carbocycles. The number of hydrogen-bond acceptors (Lipinski definition) is 6. The van der Waals surface area contributed by atoms with Gasteiger partial charge in [0.05, 0.1) is 6.61 Å². The van der Waals surface area contributed by atoms with Crippen LogP contribution in [0.2, 0.25) is 0 Å². The Hall–Kier alpha value is -0.240. The minimum atomic E-state index is -0.636. The average Bonchev–Trinajstić information content (AvgIpc) is 2.87. The number of methoxy groups -OCH3 is 1. The van der Waals surface area contributed by atoms with Crippen LogP contribution in [-0.4, -0.2) is 56.0 Å². The first kappa shape index (κ1) is 13.7. The summed E-state index contributed by atoms with van der Waals surface area (Å²) in [6.07, 6.45) is -1.25. The number of hydrogen-bond donors (Lipinski definition) is 0. The van der Waals surface area contributed by atoms with Gasteiger partial charge in [0.2, 0.25) is 0 Å². The highest BCUT2D eigenvalue weighted by Crippen LogP contribution is 2.41. The molecule has 3 saturated heterocycles. The molecule has 6 nitrogen and oxygen atoms in total. The van der Waals surface area contributed by atoms with Crippen molar-refractivity contribution in [2.24, 2.45) is 0 Å². The van der Waals surface area contributed by atoms with E-state index in [1.807, 2.05) is 27.7 Å². The highest BCUT2D eigenvalue weighted by atomic mass is 16.8. The lowest BCUT2D eigenvalue weighted by Gasteiger charge is -2.28. The van der Waals surface area contributed by atoms with E-state index in [-0.39, 0.29) is 24.4 Å². The molecule has 0 saturated carbocycles. The summed E-state index contributed by atoms with van der Waals surface area (Å²) in [5, 5.41) is 0. The molecule has 3 aliphatic heterocycles. The molecule has 0 aromatic carbocycles. The van der Waals surface area contributed by atoms with Crippen LogP contribution in [0.1, 0.15) is 27.7 Å². The van der Waals surface area contributed by atoms with Crippen molar-refractivity contribution in [3.8, 4) is 0 Å². The highest BCUT2D eigenvalue weighted by Gasteiger charge is 2.58. The third-order valence-electron chi connectivity index (χ3n) is 3.70. The van der Waals surface area contributed by atoms with Crippen molar-refractivity contribution in [1.29, 1.82) is 0 Å². The summed E-state index contributed by atoms with van der Waals surface area (Å²) in [7, 11) is 1.65. The van der Waals surface area contributed by atoms with Gasteiger partial charge in [-0.1, -0.05) is 0 Å². The van der Waals surface area contributed by atoms with Gasteiger partial charge in [0.1, 0.15) is 24.4 Å². The van der Waals surface area contributed by atoms with Crippen LogP contribution in [0.3, 0.4) is 0 Å². The molecule has 0 aromatic heterocycles. The van der Waals surface area contributed by atoms with E-state index in [2.05, 4.69) is 0 Å². The quantitative estimate of drug-likeness (QED) is 0.749. The van der Waals surface area contributed by atoms with Crippen molar-refractivity contribution in [3.05, 3.63) is 0 Å². The SMILES string of the molecule is CO[C@@H]1[C@H]2OC(C)(C)O[C@H]2O[C@@H]1[C@H]1COC(C)(C)O1. The topological polar surface area (TPSA) is 55.4 Å². The van der Waals surface area contributed by atoms with Crippen molar-refractivity contribution in [2.45, 2.75) is 70.0 Å². The van der Waals surface area contributed by atoms with E-state index in [4.69, 9.17) is 28.4 Å². The molecule has 5 atom stereocenters. The molecule has 6 heteroatoms. The number of ether oxygens (including phenoxy) is 6. The van der Waals surface area contributed by atoms with Gasteiger partial charge in [0.15, 0.2) is 17.9 Å². The van der Waals surface area contributed by atoms with Crippen molar-refractivity contribution in [2.75, 3.05) is 13.7 Å².